The number of rotatable bonds is 4. The Morgan fingerprint density at radius 3 is 2.65 bits per heavy atom. The summed E-state index contributed by atoms with van der Waals surface area (Å²) < 4.78 is 23.1. The molecule has 2 amide bonds. The van der Waals surface area contributed by atoms with Crippen LogP contribution in [-0.4, -0.2) is 60.8 Å². The lowest BCUT2D eigenvalue weighted by atomic mass is 10.1. The lowest BCUT2D eigenvalue weighted by Gasteiger charge is -2.23. The Morgan fingerprint density at radius 1 is 1.39 bits per heavy atom. The van der Waals surface area contributed by atoms with E-state index in [0.29, 0.717) is 12.0 Å². The topological polar surface area (TPSA) is 96.4 Å². The van der Waals surface area contributed by atoms with Crippen molar-refractivity contribution < 1.29 is 18.0 Å². The van der Waals surface area contributed by atoms with Crippen LogP contribution in [0.4, 0.5) is 0 Å². The van der Waals surface area contributed by atoms with Gasteiger partial charge >= 0.3 is 0 Å². The number of nitrogens with zero attached hydrogens (tertiary/aromatic N) is 2. The Bertz CT molecular complexity index is 715. The van der Waals surface area contributed by atoms with Gasteiger partial charge in [-0.1, -0.05) is 0 Å². The van der Waals surface area contributed by atoms with Crippen molar-refractivity contribution in [2.24, 2.45) is 0 Å². The number of sulfone groups is 1. The summed E-state index contributed by atoms with van der Waals surface area (Å²) in [5, 5.41) is 2.75. The molecule has 0 saturated carbocycles. The Kier molecular flexibility index (Phi) is 5.03. The normalized spacial score (nSPS) is 19.6. The van der Waals surface area contributed by atoms with Crippen molar-refractivity contribution in [2.45, 2.75) is 32.4 Å². The van der Waals surface area contributed by atoms with E-state index in [2.05, 4.69) is 10.3 Å². The van der Waals surface area contributed by atoms with Gasteiger partial charge in [-0.3, -0.25) is 14.6 Å². The molecule has 0 spiro atoms. The van der Waals surface area contributed by atoms with E-state index in [1.165, 1.54) is 23.2 Å². The smallest absolute Gasteiger partial charge is 0.272 e. The molecule has 7 nitrogen and oxygen atoms in total. The molecule has 1 unspecified atom stereocenters. The zero-order chi connectivity index (χ0) is 17.2. The number of nitrogens with one attached hydrogen (secondary N) is 1. The standard InChI is InChI=1S/C15H21N3O4S/c1-10(2)17-14(19)11-4-6-16-13(8-11)15(20)18(3)12-5-7-23(21,22)9-12/h4,6,8,10,12H,5,7,9H2,1-3H3,(H,17,19). The summed E-state index contributed by atoms with van der Waals surface area (Å²) in [6, 6.07) is 2.61. The van der Waals surface area contributed by atoms with E-state index < -0.39 is 9.84 Å². The molecule has 1 aliphatic rings. The summed E-state index contributed by atoms with van der Waals surface area (Å²) in [6.45, 7) is 3.69. The summed E-state index contributed by atoms with van der Waals surface area (Å²) in [6.07, 6.45) is 1.83. The van der Waals surface area contributed by atoms with Gasteiger partial charge in [-0.05, 0) is 32.4 Å². The van der Waals surface area contributed by atoms with Crippen molar-refractivity contribution in [3.8, 4) is 0 Å². The second-order valence-electron chi connectivity index (χ2n) is 6.03. The van der Waals surface area contributed by atoms with Crippen molar-refractivity contribution in [1.29, 1.82) is 0 Å². The molecule has 1 N–H and O–H groups in total. The van der Waals surface area contributed by atoms with Crippen LogP contribution in [0.15, 0.2) is 18.3 Å². The van der Waals surface area contributed by atoms with Gasteiger partial charge in [0.15, 0.2) is 9.84 Å². The first-order chi connectivity index (χ1) is 10.7. The Labute approximate surface area is 136 Å². The molecule has 0 radical (unpaired) electrons. The van der Waals surface area contributed by atoms with Gasteiger partial charge in [-0.15, -0.1) is 0 Å². The number of carbonyl (C=O) groups excluding carboxylic acids is 2. The molecule has 0 bridgehead atoms. The highest BCUT2D eigenvalue weighted by molar-refractivity contribution is 7.91. The monoisotopic (exact) mass is 339 g/mol. The first-order valence-electron chi connectivity index (χ1n) is 7.44. The predicted octanol–water partition coefficient (Wildman–Crippen LogP) is 0.479. The number of aromatic nitrogens is 1. The van der Waals surface area contributed by atoms with Gasteiger partial charge in [-0.25, -0.2) is 8.42 Å². The van der Waals surface area contributed by atoms with E-state index in [9.17, 15) is 18.0 Å². The average Bonchev–Trinajstić information content (AvgIpc) is 2.85. The van der Waals surface area contributed by atoms with Gasteiger partial charge in [-0.2, -0.15) is 0 Å². The van der Waals surface area contributed by atoms with Crippen LogP contribution in [0.25, 0.3) is 0 Å². The molecule has 1 saturated heterocycles. The van der Waals surface area contributed by atoms with Crippen LogP contribution in [-0.2, 0) is 9.84 Å². The summed E-state index contributed by atoms with van der Waals surface area (Å²) >= 11 is 0. The second-order valence-corrected chi connectivity index (χ2v) is 8.26. The molecule has 126 valence electrons. The van der Waals surface area contributed by atoms with Crippen molar-refractivity contribution in [1.82, 2.24) is 15.2 Å². The first kappa shape index (κ1) is 17.4. The maximum absolute atomic E-state index is 12.5. The third-order valence-corrected chi connectivity index (χ3v) is 5.49. The number of hydrogen-bond donors (Lipinski definition) is 1. The fourth-order valence-electron chi connectivity index (χ4n) is 2.46. The third-order valence-electron chi connectivity index (χ3n) is 3.74. The van der Waals surface area contributed by atoms with E-state index in [1.54, 1.807) is 7.05 Å². The van der Waals surface area contributed by atoms with Crippen molar-refractivity contribution in [3.63, 3.8) is 0 Å². The minimum atomic E-state index is -3.07. The Hall–Kier alpha value is -1.96. The molecular formula is C15H21N3O4S. The minimum absolute atomic E-state index is 0.0128. The van der Waals surface area contributed by atoms with Crippen LogP contribution >= 0.6 is 0 Å². The van der Waals surface area contributed by atoms with E-state index in [-0.39, 0.29) is 41.1 Å². The van der Waals surface area contributed by atoms with E-state index in [0.717, 1.165) is 0 Å². The fraction of sp³-hybridized carbons (Fsp3) is 0.533. The average molecular weight is 339 g/mol. The van der Waals surface area contributed by atoms with Crippen molar-refractivity contribution in [2.75, 3.05) is 18.6 Å². The fourth-order valence-corrected chi connectivity index (χ4v) is 4.24. The predicted molar refractivity (Wildman–Crippen MR) is 86.0 cm³/mol. The summed E-state index contributed by atoms with van der Waals surface area (Å²) in [5.74, 6) is -0.587. The van der Waals surface area contributed by atoms with E-state index in [1.807, 2.05) is 13.8 Å². The lowest BCUT2D eigenvalue weighted by molar-refractivity contribution is 0.0742. The molecule has 1 aromatic heterocycles. The van der Waals surface area contributed by atoms with Crippen LogP contribution in [0.1, 0.15) is 41.1 Å². The van der Waals surface area contributed by atoms with Gasteiger partial charge in [0.1, 0.15) is 5.69 Å². The number of carbonyl (C=O) groups is 2. The van der Waals surface area contributed by atoms with Gasteiger partial charge < -0.3 is 10.2 Å². The SMILES string of the molecule is CC(C)NC(=O)c1ccnc(C(=O)N(C)C2CCS(=O)(=O)C2)c1. The van der Waals surface area contributed by atoms with Crippen LogP contribution in [0, 0.1) is 0 Å². The molecule has 1 aliphatic heterocycles. The van der Waals surface area contributed by atoms with Crippen molar-refractivity contribution in [3.05, 3.63) is 29.6 Å². The highest BCUT2D eigenvalue weighted by atomic mass is 32.2. The van der Waals surface area contributed by atoms with Gasteiger partial charge in [0.05, 0.1) is 11.5 Å². The Morgan fingerprint density at radius 2 is 2.09 bits per heavy atom. The van der Waals surface area contributed by atoms with E-state index >= 15 is 0 Å². The van der Waals surface area contributed by atoms with Gasteiger partial charge in [0.25, 0.3) is 11.8 Å². The highest BCUT2D eigenvalue weighted by Crippen LogP contribution is 2.18. The molecule has 0 aliphatic carbocycles. The maximum Gasteiger partial charge on any atom is 0.272 e. The van der Waals surface area contributed by atoms with E-state index in [4.69, 9.17) is 0 Å². The first-order valence-corrected chi connectivity index (χ1v) is 9.26. The molecule has 0 aromatic carbocycles. The lowest BCUT2D eigenvalue weighted by Crippen LogP contribution is -2.38. The molecule has 23 heavy (non-hydrogen) atoms. The zero-order valence-corrected chi connectivity index (χ0v) is 14.3. The van der Waals surface area contributed by atoms with Crippen LogP contribution in [0.5, 0.6) is 0 Å². The molecule has 2 heterocycles. The molecule has 8 heteroatoms. The number of hydrogen-bond acceptors (Lipinski definition) is 5. The van der Waals surface area contributed by atoms with Crippen molar-refractivity contribution >= 4 is 21.7 Å². The zero-order valence-electron chi connectivity index (χ0n) is 13.4. The summed E-state index contributed by atoms with van der Waals surface area (Å²) in [4.78, 5) is 29.9. The molecule has 2 rings (SSSR count). The number of amides is 2. The largest absolute Gasteiger partial charge is 0.350 e. The maximum atomic E-state index is 12.5. The van der Waals surface area contributed by atoms with Gasteiger partial charge in [0.2, 0.25) is 0 Å². The summed E-state index contributed by atoms with van der Waals surface area (Å²) in [7, 11) is -1.50. The molecule has 1 aromatic rings. The number of pyridine rings is 1. The Balaban J connectivity index is 2.15. The molecule has 1 atom stereocenters. The van der Waals surface area contributed by atoms with Gasteiger partial charge in [0, 0.05) is 30.9 Å². The third kappa shape index (κ3) is 4.28. The molecule has 1 fully saturated rings. The van der Waals surface area contributed by atoms with Crippen LogP contribution in [0.3, 0.4) is 0 Å². The molecular weight excluding hydrogens is 318 g/mol. The highest BCUT2D eigenvalue weighted by Gasteiger charge is 2.33. The summed E-state index contributed by atoms with van der Waals surface area (Å²) in [5.41, 5.74) is 0.484. The quantitative estimate of drug-likeness (QED) is 0.860. The minimum Gasteiger partial charge on any atom is -0.350 e. The van der Waals surface area contributed by atoms with Crippen LogP contribution < -0.4 is 5.32 Å². The second kappa shape index (κ2) is 6.66. The van der Waals surface area contributed by atoms with Crippen LogP contribution in [0.2, 0.25) is 0 Å².